The lowest BCUT2D eigenvalue weighted by atomic mass is 10.2. The number of ether oxygens (including phenoxy) is 1. The average Bonchev–Trinajstić information content (AvgIpc) is 2.98. The van der Waals surface area contributed by atoms with Crippen LogP contribution in [0.3, 0.4) is 0 Å². The van der Waals surface area contributed by atoms with Gasteiger partial charge in [0.2, 0.25) is 5.91 Å². The number of hydrogen-bond donors (Lipinski definition) is 0. The molecule has 0 saturated carbocycles. The molecule has 1 aromatic heterocycles. The van der Waals surface area contributed by atoms with Crippen molar-refractivity contribution in [2.24, 2.45) is 0 Å². The SMILES string of the molecule is CCC(=O)N(Cc1csc(COc2ccccc2C)n1)C(C)C. The molecule has 0 unspecified atom stereocenters. The van der Waals surface area contributed by atoms with Crippen LogP contribution in [-0.4, -0.2) is 21.8 Å². The summed E-state index contributed by atoms with van der Waals surface area (Å²) in [5.74, 6) is 1.04. The highest BCUT2D eigenvalue weighted by Gasteiger charge is 2.17. The van der Waals surface area contributed by atoms with Crippen LogP contribution < -0.4 is 4.74 Å². The van der Waals surface area contributed by atoms with E-state index in [1.165, 1.54) is 0 Å². The summed E-state index contributed by atoms with van der Waals surface area (Å²) < 4.78 is 5.82. The topological polar surface area (TPSA) is 42.4 Å². The number of carbonyl (C=O) groups is 1. The second kappa shape index (κ2) is 8.11. The smallest absolute Gasteiger partial charge is 0.222 e. The largest absolute Gasteiger partial charge is 0.486 e. The Morgan fingerprint density at radius 2 is 2.09 bits per heavy atom. The number of aromatic nitrogens is 1. The Labute approximate surface area is 142 Å². The van der Waals surface area contributed by atoms with Crippen LogP contribution in [-0.2, 0) is 17.9 Å². The van der Waals surface area contributed by atoms with E-state index < -0.39 is 0 Å². The summed E-state index contributed by atoms with van der Waals surface area (Å²) in [6.07, 6.45) is 0.519. The zero-order valence-corrected chi connectivity index (χ0v) is 15.0. The monoisotopic (exact) mass is 332 g/mol. The Hall–Kier alpha value is -1.88. The van der Waals surface area contributed by atoms with Gasteiger partial charge in [0.05, 0.1) is 12.2 Å². The Bertz CT molecular complexity index is 652. The van der Waals surface area contributed by atoms with Crippen molar-refractivity contribution in [3.8, 4) is 5.75 Å². The number of para-hydroxylation sites is 1. The van der Waals surface area contributed by atoms with Crippen molar-refractivity contribution in [2.45, 2.75) is 53.3 Å². The number of rotatable bonds is 7. The molecule has 0 aliphatic carbocycles. The summed E-state index contributed by atoms with van der Waals surface area (Å²) in [4.78, 5) is 18.4. The number of benzene rings is 1. The second-order valence-electron chi connectivity index (χ2n) is 5.76. The van der Waals surface area contributed by atoms with Gasteiger partial charge < -0.3 is 9.64 Å². The maximum atomic E-state index is 12.0. The van der Waals surface area contributed by atoms with Gasteiger partial charge in [-0.25, -0.2) is 4.98 Å². The molecule has 0 radical (unpaired) electrons. The van der Waals surface area contributed by atoms with Crippen LogP contribution in [0.2, 0.25) is 0 Å². The first-order valence-corrected chi connectivity index (χ1v) is 8.80. The van der Waals surface area contributed by atoms with E-state index in [4.69, 9.17) is 4.74 Å². The van der Waals surface area contributed by atoms with E-state index in [9.17, 15) is 4.79 Å². The molecule has 0 bridgehead atoms. The van der Waals surface area contributed by atoms with Gasteiger partial charge in [-0.1, -0.05) is 25.1 Å². The second-order valence-corrected chi connectivity index (χ2v) is 6.70. The minimum absolute atomic E-state index is 0.158. The Morgan fingerprint density at radius 1 is 1.35 bits per heavy atom. The van der Waals surface area contributed by atoms with Crippen LogP contribution in [0.1, 0.15) is 43.5 Å². The van der Waals surface area contributed by atoms with E-state index in [-0.39, 0.29) is 11.9 Å². The van der Waals surface area contributed by atoms with Crippen molar-refractivity contribution >= 4 is 17.2 Å². The molecule has 0 atom stereocenters. The van der Waals surface area contributed by atoms with Gasteiger partial charge in [0.25, 0.3) is 0 Å². The molecule has 4 nitrogen and oxygen atoms in total. The number of hydrogen-bond acceptors (Lipinski definition) is 4. The molecule has 2 rings (SSSR count). The van der Waals surface area contributed by atoms with Crippen molar-refractivity contribution < 1.29 is 9.53 Å². The summed E-state index contributed by atoms with van der Waals surface area (Å²) >= 11 is 1.57. The first kappa shape index (κ1) is 17.5. The Balaban J connectivity index is 1.97. The lowest BCUT2D eigenvalue weighted by Gasteiger charge is -2.25. The number of amides is 1. The third-order valence-electron chi connectivity index (χ3n) is 3.62. The van der Waals surface area contributed by atoms with Gasteiger partial charge in [-0.15, -0.1) is 11.3 Å². The molecule has 0 fully saturated rings. The van der Waals surface area contributed by atoms with Crippen molar-refractivity contribution in [2.75, 3.05) is 0 Å². The molecular formula is C18H24N2O2S. The molecule has 1 aromatic carbocycles. The van der Waals surface area contributed by atoms with Gasteiger partial charge in [0.15, 0.2) is 0 Å². The number of nitrogens with zero attached hydrogens (tertiary/aromatic N) is 2. The molecule has 124 valence electrons. The van der Waals surface area contributed by atoms with Crippen molar-refractivity contribution in [1.29, 1.82) is 0 Å². The maximum absolute atomic E-state index is 12.0. The van der Waals surface area contributed by atoms with Crippen LogP contribution in [0, 0.1) is 6.92 Å². The first-order valence-electron chi connectivity index (χ1n) is 7.92. The van der Waals surface area contributed by atoms with Crippen LogP contribution in [0.5, 0.6) is 5.75 Å². The van der Waals surface area contributed by atoms with Gasteiger partial charge in [-0.05, 0) is 32.4 Å². The number of thiazole rings is 1. The quantitative estimate of drug-likeness (QED) is 0.764. The molecule has 1 heterocycles. The van der Waals surface area contributed by atoms with Gasteiger partial charge in [0, 0.05) is 17.8 Å². The first-order chi connectivity index (χ1) is 11.0. The van der Waals surface area contributed by atoms with E-state index in [1.54, 1.807) is 11.3 Å². The van der Waals surface area contributed by atoms with Crippen molar-refractivity contribution in [3.05, 3.63) is 45.9 Å². The van der Waals surface area contributed by atoms with Gasteiger partial charge in [-0.2, -0.15) is 0 Å². The van der Waals surface area contributed by atoms with E-state index in [0.717, 1.165) is 22.0 Å². The highest BCUT2D eigenvalue weighted by Crippen LogP contribution is 2.20. The summed E-state index contributed by atoms with van der Waals surface area (Å²) in [7, 11) is 0. The predicted molar refractivity (Wildman–Crippen MR) is 93.6 cm³/mol. The summed E-state index contributed by atoms with van der Waals surface area (Å²) in [5.41, 5.74) is 2.04. The maximum Gasteiger partial charge on any atom is 0.222 e. The van der Waals surface area contributed by atoms with Crippen molar-refractivity contribution in [3.63, 3.8) is 0 Å². The van der Waals surface area contributed by atoms with Gasteiger partial charge in [0.1, 0.15) is 17.4 Å². The average molecular weight is 332 g/mol. The highest BCUT2D eigenvalue weighted by molar-refractivity contribution is 7.09. The molecule has 0 aliphatic rings. The highest BCUT2D eigenvalue weighted by atomic mass is 32.1. The van der Waals surface area contributed by atoms with Gasteiger partial charge >= 0.3 is 0 Å². The zero-order valence-electron chi connectivity index (χ0n) is 14.2. The standard InChI is InChI=1S/C18H24N2O2S/c1-5-18(21)20(13(2)3)10-15-12-23-17(19-15)11-22-16-9-7-6-8-14(16)4/h6-9,12-13H,5,10-11H2,1-4H3. The van der Waals surface area contributed by atoms with Crippen LogP contribution in [0.15, 0.2) is 29.6 Å². The molecule has 23 heavy (non-hydrogen) atoms. The molecule has 0 aliphatic heterocycles. The number of carbonyl (C=O) groups excluding carboxylic acids is 1. The zero-order chi connectivity index (χ0) is 16.8. The van der Waals surface area contributed by atoms with Gasteiger partial charge in [-0.3, -0.25) is 4.79 Å². The number of aryl methyl sites for hydroxylation is 1. The fourth-order valence-electron chi connectivity index (χ4n) is 2.28. The Morgan fingerprint density at radius 3 is 2.74 bits per heavy atom. The molecule has 0 N–H and O–H groups in total. The third-order valence-corrected chi connectivity index (χ3v) is 4.49. The van der Waals surface area contributed by atoms with E-state index in [2.05, 4.69) is 4.98 Å². The van der Waals surface area contributed by atoms with E-state index in [1.807, 2.05) is 62.2 Å². The Kier molecular flexibility index (Phi) is 6.16. The minimum atomic E-state index is 0.158. The molecule has 1 amide bonds. The van der Waals surface area contributed by atoms with E-state index in [0.29, 0.717) is 19.6 Å². The van der Waals surface area contributed by atoms with Crippen LogP contribution in [0.25, 0.3) is 0 Å². The summed E-state index contributed by atoms with van der Waals surface area (Å²) in [6.45, 7) is 8.99. The lowest BCUT2D eigenvalue weighted by molar-refractivity contribution is -0.133. The van der Waals surface area contributed by atoms with Crippen molar-refractivity contribution in [1.82, 2.24) is 9.88 Å². The van der Waals surface area contributed by atoms with Crippen LogP contribution >= 0.6 is 11.3 Å². The minimum Gasteiger partial charge on any atom is -0.486 e. The summed E-state index contributed by atoms with van der Waals surface area (Å²) in [6, 6.07) is 8.13. The fraction of sp³-hybridized carbons (Fsp3) is 0.444. The normalized spacial score (nSPS) is 10.8. The molecule has 2 aromatic rings. The molecule has 0 saturated heterocycles. The van der Waals surface area contributed by atoms with E-state index >= 15 is 0 Å². The molecular weight excluding hydrogens is 308 g/mol. The molecule has 0 spiro atoms. The van der Waals surface area contributed by atoms with Crippen LogP contribution in [0.4, 0.5) is 0 Å². The summed E-state index contributed by atoms with van der Waals surface area (Å²) in [5, 5.41) is 2.94. The predicted octanol–water partition coefficient (Wildman–Crippen LogP) is 4.18. The molecule has 5 heteroatoms. The fourth-order valence-corrected chi connectivity index (χ4v) is 2.98. The lowest BCUT2D eigenvalue weighted by Crippen LogP contribution is -2.35. The third kappa shape index (κ3) is 4.79.